The first kappa shape index (κ1) is 14.0. The Kier molecular flexibility index (Phi) is 3.84. The van der Waals surface area contributed by atoms with Crippen molar-refractivity contribution in [1.82, 2.24) is 15.0 Å². The van der Waals surface area contributed by atoms with Crippen molar-refractivity contribution in [2.24, 2.45) is 0 Å². The highest BCUT2D eigenvalue weighted by atomic mass is 16.5. The van der Waals surface area contributed by atoms with Crippen LogP contribution in [0, 0.1) is 0 Å². The van der Waals surface area contributed by atoms with E-state index in [0.29, 0.717) is 0 Å². The third kappa shape index (κ3) is 2.50. The summed E-state index contributed by atoms with van der Waals surface area (Å²) in [4.78, 5) is 4.50. The van der Waals surface area contributed by atoms with Gasteiger partial charge in [0.25, 0.3) is 0 Å². The molecule has 20 heavy (non-hydrogen) atoms. The Bertz CT molecular complexity index is 452. The molecule has 5 nitrogen and oxygen atoms in total. The van der Waals surface area contributed by atoms with Crippen LogP contribution in [0.25, 0.3) is 0 Å². The number of likely N-dealkylation sites (tertiary alicyclic amines) is 1. The second-order valence-electron chi connectivity index (χ2n) is 6.56. The van der Waals surface area contributed by atoms with Crippen LogP contribution >= 0.6 is 0 Å². The lowest BCUT2D eigenvalue weighted by molar-refractivity contribution is 0.0267. The maximum absolute atomic E-state index is 10.4. The number of hydrogen-bond donors (Lipinski definition) is 1. The van der Waals surface area contributed by atoms with Gasteiger partial charge in [-0.05, 0) is 33.4 Å². The summed E-state index contributed by atoms with van der Waals surface area (Å²) in [6.45, 7) is 2.55. The molecule has 0 aromatic carbocycles. The maximum atomic E-state index is 10.4. The molecule has 1 aromatic heterocycles. The van der Waals surface area contributed by atoms with E-state index in [1.54, 1.807) is 0 Å². The first-order valence-corrected chi connectivity index (χ1v) is 7.62. The largest absolute Gasteiger partial charge is 0.391 e. The van der Waals surface area contributed by atoms with Crippen molar-refractivity contribution < 1.29 is 9.63 Å². The quantitative estimate of drug-likeness (QED) is 0.907. The van der Waals surface area contributed by atoms with Crippen LogP contribution in [0.1, 0.15) is 43.6 Å². The normalized spacial score (nSPS) is 26.1. The van der Waals surface area contributed by atoms with Gasteiger partial charge in [-0.1, -0.05) is 18.0 Å². The number of aromatic nitrogens is 1. The summed E-state index contributed by atoms with van der Waals surface area (Å²) in [5.74, 6) is 0.908. The number of aliphatic hydroxyl groups excluding tert-OH is 1. The minimum atomic E-state index is -0.168. The summed E-state index contributed by atoms with van der Waals surface area (Å²) >= 11 is 0. The van der Waals surface area contributed by atoms with E-state index >= 15 is 0 Å². The molecule has 0 radical (unpaired) electrons. The van der Waals surface area contributed by atoms with Gasteiger partial charge in [-0.15, -0.1) is 0 Å². The first-order chi connectivity index (χ1) is 9.60. The van der Waals surface area contributed by atoms with Crippen molar-refractivity contribution in [3.05, 3.63) is 17.5 Å². The van der Waals surface area contributed by atoms with Crippen molar-refractivity contribution in [3.8, 4) is 0 Å². The zero-order valence-electron chi connectivity index (χ0n) is 12.5. The summed E-state index contributed by atoms with van der Waals surface area (Å²) in [6.07, 6.45) is 5.43. The minimum absolute atomic E-state index is 0.0145. The topological polar surface area (TPSA) is 52.7 Å². The highest BCUT2D eigenvalue weighted by Crippen LogP contribution is 2.43. The zero-order valence-corrected chi connectivity index (χ0v) is 12.5. The summed E-state index contributed by atoms with van der Waals surface area (Å²) in [5.41, 5.74) is 1.00. The van der Waals surface area contributed by atoms with E-state index < -0.39 is 0 Å². The molecule has 1 atom stereocenters. The van der Waals surface area contributed by atoms with Gasteiger partial charge in [-0.25, -0.2) is 0 Å². The standard InChI is InChI=1S/C15H25N3O2/c1-17(2)11-13-9-12(16-20-13)10-18-8-5-14(19)15(18)6-3-4-7-15/h9,14,19H,3-8,10-11H2,1-2H3. The molecule has 1 aromatic rings. The molecule has 2 heterocycles. The highest BCUT2D eigenvalue weighted by molar-refractivity contribution is 5.10. The molecule has 5 heteroatoms. The van der Waals surface area contributed by atoms with E-state index in [0.717, 1.165) is 50.4 Å². The minimum Gasteiger partial charge on any atom is -0.391 e. The van der Waals surface area contributed by atoms with Crippen molar-refractivity contribution in [2.45, 2.75) is 56.8 Å². The fourth-order valence-corrected chi connectivity index (χ4v) is 3.87. The average molecular weight is 279 g/mol. The van der Waals surface area contributed by atoms with Gasteiger partial charge in [0.15, 0.2) is 5.76 Å². The van der Waals surface area contributed by atoms with E-state index in [-0.39, 0.29) is 11.6 Å². The summed E-state index contributed by atoms with van der Waals surface area (Å²) in [5, 5.41) is 14.5. The number of nitrogens with zero attached hydrogens (tertiary/aromatic N) is 3. The first-order valence-electron chi connectivity index (χ1n) is 7.62. The molecule has 1 aliphatic heterocycles. The van der Waals surface area contributed by atoms with E-state index in [9.17, 15) is 5.11 Å². The van der Waals surface area contributed by atoms with E-state index in [1.165, 1.54) is 12.8 Å². The smallest absolute Gasteiger partial charge is 0.150 e. The third-order valence-electron chi connectivity index (χ3n) is 4.82. The molecular weight excluding hydrogens is 254 g/mol. The number of rotatable bonds is 4. The van der Waals surface area contributed by atoms with Gasteiger partial charge in [0.2, 0.25) is 0 Å². The van der Waals surface area contributed by atoms with Crippen molar-refractivity contribution in [3.63, 3.8) is 0 Å². The second kappa shape index (κ2) is 5.47. The molecule has 112 valence electrons. The Labute approximate surface area is 120 Å². The van der Waals surface area contributed by atoms with Crippen LogP contribution in [0.2, 0.25) is 0 Å². The molecule has 1 saturated carbocycles. The Morgan fingerprint density at radius 3 is 2.90 bits per heavy atom. The lowest BCUT2D eigenvalue weighted by Gasteiger charge is -2.36. The molecular formula is C15H25N3O2. The molecule has 2 fully saturated rings. The van der Waals surface area contributed by atoms with Gasteiger partial charge in [-0.2, -0.15) is 0 Å². The highest BCUT2D eigenvalue weighted by Gasteiger charge is 2.49. The van der Waals surface area contributed by atoms with Crippen LogP contribution in [-0.2, 0) is 13.1 Å². The molecule has 1 saturated heterocycles. The van der Waals surface area contributed by atoms with Crippen LogP contribution in [-0.4, -0.2) is 52.3 Å². The summed E-state index contributed by atoms with van der Waals surface area (Å²) in [7, 11) is 4.04. The van der Waals surface area contributed by atoms with Gasteiger partial charge < -0.3 is 14.5 Å². The zero-order chi connectivity index (χ0) is 14.2. The van der Waals surface area contributed by atoms with Crippen LogP contribution in [0.3, 0.4) is 0 Å². The average Bonchev–Trinajstić information content (AvgIpc) is 3.08. The van der Waals surface area contributed by atoms with E-state index in [1.807, 2.05) is 20.2 Å². The molecule has 1 spiro atoms. The predicted octanol–water partition coefficient (Wildman–Crippen LogP) is 1.62. The van der Waals surface area contributed by atoms with Gasteiger partial charge in [0.1, 0.15) is 0 Å². The predicted molar refractivity (Wildman–Crippen MR) is 76.1 cm³/mol. The SMILES string of the molecule is CN(C)Cc1cc(CN2CCC(O)C23CCCC3)no1. The third-order valence-corrected chi connectivity index (χ3v) is 4.82. The molecule has 1 N–H and O–H groups in total. The van der Waals surface area contributed by atoms with Gasteiger partial charge in [0, 0.05) is 24.7 Å². The van der Waals surface area contributed by atoms with Gasteiger partial charge >= 0.3 is 0 Å². The fraction of sp³-hybridized carbons (Fsp3) is 0.800. The van der Waals surface area contributed by atoms with Crippen molar-refractivity contribution in [1.29, 1.82) is 0 Å². The van der Waals surface area contributed by atoms with Crippen LogP contribution in [0.5, 0.6) is 0 Å². The van der Waals surface area contributed by atoms with Gasteiger partial charge in [-0.3, -0.25) is 4.90 Å². The molecule has 0 amide bonds. The fourth-order valence-electron chi connectivity index (χ4n) is 3.87. The molecule has 1 unspecified atom stereocenters. The second-order valence-corrected chi connectivity index (χ2v) is 6.56. The molecule has 3 rings (SSSR count). The van der Waals surface area contributed by atoms with E-state index in [4.69, 9.17) is 4.52 Å². The Morgan fingerprint density at radius 1 is 1.45 bits per heavy atom. The summed E-state index contributed by atoms with van der Waals surface area (Å²) in [6, 6.07) is 2.05. The molecule has 0 bridgehead atoms. The monoisotopic (exact) mass is 279 g/mol. The van der Waals surface area contributed by atoms with Crippen LogP contribution < -0.4 is 0 Å². The molecule has 1 aliphatic carbocycles. The number of aliphatic hydroxyl groups is 1. The van der Waals surface area contributed by atoms with Crippen LogP contribution in [0.4, 0.5) is 0 Å². The lowest BCUT2D eigenvalue weighted by atomic mass is 9.91. The van der Waals surface area contributed by atoms with E-state index in [2.05, 4.69) is 15.0 Å². The maximum Gasteiger partial charge on any atom is 0.150 e. The Morgan fingerprint density at radius 2 is 2.20 bits per heavy atom. The molecule has 2 aliphatic rings. The van der Waals surface area contributed by atoms with Crippen molar-refractivity contribution in [2.75, 3.05) is 20.6 Å². The van der Waals surface area contributed by atoms with Gasteiger partial charge in [0.05, 0.1) is 18.3 Å². The Balaban J connectivity index is 1.69. The van der Waals surface area contributed by atoms with Crippen LogP contribution in [0.15, 0.2) is 10.6 Å². The lowest BCUT2D eigenvalue weighted by Crippen LogP contribution is -2.47. The van der Waals surface area contributed by atoms with Crippen molar-refractivity contribution >= 4 is 0 Å². The number of hydrogen-bond acceptors (Lipinski definition) is 5. The summed E-state index contributed by atoms with van der Waals surface area (Å²) < 4.78 is 5.38. The Hall–Kier alpha value is -0.910.